The van der Waals surface area contributed by atoms with Gasteiger partial charge in [0.15, 0.2) is 23.2 Å². The third kappa shape index (κ3) is 5.83. The van der Waals surface area contributed by atoms with Crippen LogP contribution in [0.25, 0.3) is 11.2 Å². The molecule has 1 saturated heterocycles. The first-order chi connectivity index (χ1) is 19.6. The summed E-state index contributed by atoms with van der Waals surface area (Å²) < 4.78 is 52.7. The van der Waals surface area contributed by atoms with Crippen molar-refractivity contribution in [1.29, 1.82) is 0 Å². The number of ether oxygens (including phenoxy) is 2. The second kappa shape index (κ2) is 11.2. The van der Waals surface area contributed by atoms with Crippen molar-refractivity contribution in [2.24, 2.45) is 0 Å². The van der Waals surface area contributed by atoms with E-state index in [0.29, 0.717) is 11.3 Å². The Morgan fingerprint density at radius 1 is 1.39 bits per heavy atom. The van der Waals surface area contributed by atoms with E-state index in [1.807, 2.05) is 5.92 Å². The number of nitrogen functional groups attached to an aromatic ring is 1. The molecule has 5 rings (SSSR count). The number of nitrogens with two attached hydrogens (primary N) is 1. The van der Waals surface area contributed by atoms with Crippen molar-refractivity contribution in [2.75, 3.05) is 24.8 Å². The molecule has 0 radical (unpaired) electrons. The second-order valence-electron chi connectivity index (χ2n) is 9.63. The Balaban J connectivity index is 1.40. The van der Waals surface area contributed by atoms with E-state index in [1.165, 1.54) is 30.0 Å². The zero-order valence-corrected chi connectivity index (χ0v) is 23.0. The van der Waals surface area contributed by atoms with Gasteiger partial charge in [0, 0.05) is 6.04 Å². The summed E-state index contributed by atoms with van der Waals surface area (Å²) in [5.41, 5.74) is 3.56. The molecular weight excluding hydrogens is 560 g/mol. The van der Waals surface area contributed by atoms with Gasteiger partial charge in [-0.05, 0) is 31.9 Å². The van der Waals surface area contributed by atoms with Crippen LogP contribution in [0.2, 0.25) is 0 Å². The van der Waals surface area contributed by atoms with E-state index in [9.17, 15) is 14.5 Å². The van der Waals surface area contributed by atoms with Gasteiger partial charge in [0.05, 0.1) is 20.0 Å². The maximum absolute atomic E-state index is 16.2. The van der Waals surface area contributed by atoms with Crippen LogP contribution in [0.1, 0.15) is 26.0 Å². The summed E-state index contributed by atoms with van der Waals surface area (Å²) >= 11 is 0. The Kier molecular flexibility index (Phi) is 7.87. The van der Waals surface area contributed by atoms with Gasteiger partial charge in [0.2, 0.25) is 11.6 Å². The van der Waals surface area contributed by atoms with Gasteiger partial charge < -0.3 is 30.2 Å². The molecule has 1 aliphatic carbocycles. The van der Waals surface area contributed by atoms with Crippen LogP contribution >= 0.6 is 7.75 Å². The van der Waals surface area contributed by atoms with Crippen molar-refractivity contribution >= 4 is 36.6 Å². The third-order valence-corrected chi connectivity index (χ3v) is 8.20. The number of alkyl halides is 1. The number of nitrogens with zero attached hydrogens (tertiary/aromatic N) is 4. The molecule has 1 aliphatic heterocycles. The monoisotopic (exact) mass is 589 g/mol. The predicted molar refractivity (Wildman–Crippen MR) is 144 cm³/mol. The lowest BCUT2D eigenvalue weighted by molar-refractivity contribution is -0.142. The number of fused-ring (bicyclic) bond motifs is 1. The summed E-state index contributed by atoms with van der Waals surface area (Å²) in [6.45, 7) is 0.746. The quantitative estimate of drug-likeness (QED) is 0.145. The zero-order chi connectivity index (χ0) is 29.4. The van der Waals surface area contributed by atoms with Crippen molar-refractivity contribution in [3.8, 4) is 18.1 Å². The standard InChI is InChI=1S/C25H29FN7O7P/c1-4-25(26)19(34)17(12-38-41(36,32-14(2)22(35)37-3)40-16-8-6-5-7-9-16)39-23(25)33-13-28-18-20(29-15-10-11-15)30-24(27)31-21(18)33/h1,5-9,13-15,17,19,23,34H,10-12H2,2-3H3,(H,32,36)(H3,27,29,30,31)/t14-,17+,19+,23+,25+,41?/m0/s1. The van der Waals surface area contributed by atoms with Crippen molar-refractivity contribution in [2.45, 2.75) is 56.0 Å². The average molecular weight is 590 g/mol. The normalized spacial score (nSPS) is 26.2. The number of terminal acetylenes is 1. The van der Waals surface area contributed by atoms with Crippen LogP contribution in [0.4, 0.5) is 16.2 Å². The maximum Gasteiger partial charge on any atom is 0.459 e. The minimum absolute atomic E-state index is 0.0872. The summed E-state index contributed by atoms with van der Waals surface area (Å²) in [6, 6.07) is 7.15. The number of carbonyl (C=O) groups excluding carboxylic acids is 1. The Bertz CT molecular complexity index is 1520. The zero-order valence-electron chi connectivity index (χ0n) is 22.1. The summed E-state index contributed by atoms with van der Waals surface area (Å²) in [6.07, 6.45) is 3.75. The van der Waals surface area contributed by atoms with Gasteiger partial charge in [0.1, 0.15) is 24.0 Å². The first kappa shape index (κ1) is 28.7. The largest absolute Gasteiger partial charge is 0.468 e. The number of esters is 1. The summed E-state index contributed by atoms with van der Waals surface area (Å²) in [4.78, 5) is 24.7. The van der Waals surface area contributed by atoms with Crippen LogP contribution in [-0.2, 0) is 23.4 Å². The lowest BCUT2D eigenvalue weighted by Gasteiger charge is -2.24. The number of para-hydroxylation sites is 1. The molecule has 1 unspecified atom stereocenters. The number of rotatable bonds is 11. The molecule has 218 valence electrons. The highest BCUT2D eigenvalue weighted by Gasteiger charge is 2.58. The van der Waals surface area contributed by atoms with Gasteiger partial charge in [0.25, 0.3) is 0 Å². The van der Waals surface area contributed by atoms with Gasteiger partial charge in [-0.2, -0.15) is 15.1 Å². The Hall–Kier alpha value is -3.80. The minimum atomic E-state index is -4.31. The highest BCUT2D eigenvalue weighted by molar-refractivity contribution is 7.52. The number of hydrogen-bond acceptors (Lipinski definition) is 12. The van der Waals surface area contributed by atoms with E-state index >= 15 is 4.39 Å². The number of nitrogens with one attached hydrogen (secondary N) is 2. The van der Waals surface area contributed by atoms with Gasteiger partial charge in [-0.3, -0.25) is 13.9 Å². The molecule has 0 spiro atoms. The maximum atomic E-state index is 16.2. The van der Waals surface area contributed by atoms with E-state index in [0.717, 1.165) is 20.0 Å². The number of aromatic nitrogens is 4. The van der Waals surface area contributed by atoms with Crippen LogP contribution < -0.4 is 20.7 Å². The minimum Gasteiger partial charge on any atom is -0.468 e. The lowest BCUT2D eigenvalue weighted by atomic mass is 9.97. The number of carbonyl (C=O) groups is 1. The number of halogens is 1. The Labute approximate surface area is 234 Å². The summed E-state index contributed by atoms with van der Waals surface area (Å²) in [5, 5.41) is 16.6. The fourth-order valence-electron chi connectivity index (χ4n) is 4.29. The van der Waals surface area contributed by atoms with E-state index < -0.39 is 50.5 Å². The second-order valence-corrected chi connectivity index (χ2v) is 11.3. The van der Waals surface area contributed by atoms with Crippen molar-refractivity contribution < 1.29 is 37.4 Å². The molecule has 0 bridgehead atoms. The van der Waals surface area contributed by atoms with E-state index in [-0.39, 0.29) is 23.4 Å². The molecule has 0 amide bonds. The van der Waals surface area contributed by atoms with Crippen LogP contribution in [0, 0.1) is 12.3 Å². The first-order valence-electron chi connectivity index (χ1n) is 12.7. The van der Waals surface area contributed by atoms with Crippen LogP contribution in [0.5, 0.6) is 5.75 Å². The van der Waals surface area contributed by atoms with Crippen LogP contribution in [0.3, 0.4) is 0 Å². The molecule has 1 aromatic carbocycles. The van der Waals surface area contributed by atoms with E-state index in [2.05, 4.69) is 30.1 Å². The molecule has 5 N–H and O–H groups in total. The van der Waals surface area contributed by atoms with Gasteiger partial charge in [-0.1, -0.05) is 24.1 Å². The Morgan fingerprint density at radius 3 is 2.78 bits per heavy atom. The first-order valence-corrected chi connectivity index (χ1v) is 14.2. The lowest BCUT2D eigenvalue weighted by Crippen LogP contribution is -2.42. The number of benzene rings is 1. The number of aliphatic hydroxyl groups is 1. The van der Waals surface area contributed by atoms with Gasteiger partial charge in [-0.25, -0.2) is 13.9 Å². The van der Waals surface area contributed by atoms with Crippen LogP contribution in [-0.4, -0.2) is 74.3 Å². The van der Waals surface area contributed by atoms with Crippen molar-refractivity contribution in [1.82, 2.24) is 24.6 Å². The highest BCUT2D eigenvalue weighted by Crippen LogP contribution is 2.48. The molecule has 2 fully saturated rings. The number of methoxy groups -OCH3 is 1. The molecule has 41 heavy (non-hydrogen) atoms. The molecule has 2 aromatic heterocycles. The summed E-state index contributed by atoms with van der Waals surface area (Å²) in [5.74, 6) is 1.69. The van der Waals surface area contributed by atoms with Crippen LogP contribution in [0.15, 0.2) is 36.7 Å². The SMILES string of the molecule is C#C[C@@]1(F)[C@H](O)[C@@H](COP(=O)(N[C@@H](C)C(=O)OC)Oc2ccccc2)O[C@H]1n1cnc2c(NC3CC3)nc(N)nc21. The number of aliphatic hydroxyl groups excluding tert-OH is 1. The smallest absolute Gasteiger partial charge is 0.459 e. The van der Waals surface area contributed by atoms with Crippen molar-refractivity contribution in [3.63, 3.8) is 0 Å². The van der Waals surface area contributed by atoms with Crippen molar-refractivity contribution in [3.05, 3.63) is 36.7 Å². The summed E-state index contributed by atoms with van der Waals surface area (Å²) in [7, 11) is -3.15. The molecular formula is C25H29FN7O7P. The average Bonchev–Trinajstić information content (AvgIpc) is 3.62. The molecule has 6 atom stereocenters. The number of anilines is 2. The van der Waals surface area contributed by atoms with Gasteiger partial charge >= 0.3 is 13.7 Å². The molecule has 3 aromatic rings. The molecule has 3 heterocycles. The molecule has 1 saturated carbocycles. The fraction of sp³-hybridized carbons (Fsp3) is 0.440. The Morgan fingerprint density at radius 2 is 2.12 bits per heavy atom. The topological polar surface area (TPSA) is 185 Å². The number of hydrogen-bond donors (Lipinski definition) is 4. The third-order valence-electron chi connectivity index (χ3n) is 6.56. The fourth-order valence-corrected chi connectivity index (χ4v) is 5.79. The number of imidazole rings is 1. The van der Waals surface area contributed by atoms with E-state index in [1.54, 1.807) is 18.2 Å². The van der Waals surface area contributed by atoms with Gasteiger partial charge in [-0.15, -0.1) is 6.42 Å². The molecule has 14 nitrogen and oxygen atoms in total. The predicted octanol–water partition coefficient (Wildman–Crippen LogP) is 1.94. The highest BCUT2D eigenvalue weighted by atomic mass is 31.2. The molecule has 2 aliphatic rings. The molecule has 16 heteroatoms. The van der Waals surface area contributed by atoms with E-state index in [4.69, 9.17) is 25.9 Å².